The maximum absolute atomic E-state index is 4.85. The average molecular weight is 152 g/mol. The van der Waals surface area contributed by atoms with E-state index < -0.39 is 0 Å². The smallest absolute Gasteiger partial charge is 0.115 e. The van der Waals surface area contributed by atoms with Crippen LogP contribution >= 0.6 is 11.3 Å². The van der Waals surface area contributed by atoms with Gasteiger partial charge in [0.25, 0.3) is 0 Å². The number of rotatable bonds is 1. The van der Waals surface area contributed by atoms with Crippen LogP contribution in [0, 0.1) is 12.0 Å². The molecule has 0 bridgehead atoms. The van der Waals surface area contributed by atoms with E-state index >= 15 is 0 Å². The Morgan fingerprint density at radius 1 is 1.70 bits per heavy atom. The second kappa shape index (κ2) is 3.97. The van der Waals surface area contributed by atoms with Gasteiger partial charge >= 0.3 is 0 Å². The van der Waals surface area contributed by atoms with Crippen molar-refractivity contribution < 1.29 is 4.74 Å². The first-order valence-electron chi connectivity index (χ1n) is 3.08. The van der Waals surface area contributed by atoms with Gasteiger partial charge in [-0.25, -0.2) is 0 Å². The molecule has 52 valence electrons. The molecule has 0 saturated carbocycles. The van der Waals surface area contributed by atoms with Gasteiger partial charge in [-0.05, 0) is 24.3 Å². The van der Waals surface area contributed by atoms with Crippen LogP contribution in [-0.4, -0.2) is 6.61 Å². The summed E-state index contributed by atoms with van der Waals surface area (Å²) in [6.07, 6.45) is 2.59. The highest BCUT2D eigenvalue weighted by Crippen LogP contribution is 2.02. The third-order valence-corrected chi connectivity index (χ3v) is 1.62. The Balaban J connectivity index is 2.49. The molecule has 0 saturated heterocycles. The summed E-state index contributed by atoms with van der Waals surface area (Å²) in [5.41, 5.74) is 1.03. The van der Waals surface area contributed by atoms with E-state index in [1.54, 1.807) is 11.3 Å². The lowest BCUT2D eigenvalue weighted by molar-refractivity contribution is 0.299. The highest BCUT2D eigenvalue weighted by atomic mass is 32.1. The van der Waals surface area contributed by atoms with Crippen LogP contribution in [-0.2, 0) is 4.74 Å². The van der Waals surface area contributed by atoms with Gasteiger partial charge < -0.3 is 4.74 Å². The van der Waals surface area contributed by atoms with E-state index in [2.05, 4.69) is 12.0 Å². The molecular weight excluding hydrogens is 144 g/mol. The van der Waals surface area contributed by atoms with Gasteiger partial charge in [0, 0.05) is 10.9 Å². The van der Waals surface area contributed by atoms with Crippen molar-refractivity contribution in [2.75, 3.05) is 6.61 Å². The molecular formula is C8H8OS. The molecule has 10 heavy (non-hydrogen) atoms. The zero-order chi connectivity index (χ0) is 7.23. The summed E-state index contributed by atoms with van der Waals surface area (Å²) >= 11 is 1.64. The van der Waals surface area contributed by atoms with Crippen molar-refractivity contribution in [3.05, 3.63) is 22.4 Å². The van der Waals surface area contributed by atoms with Crippen LogP contribution in [0.25, 0.3) is 0 Å². The minimum absolute atomic E-state index is 0.650. The summed E-state index contributed by atoms with van der Waals surface area (Å²) in [5.74, 6) is 2.86. The zero-order valence-electron chi connectivity index (χ0n) is 5.76. The van der Waals surface area contributed by atoms with Crippen LogP contribution in [0.2, 0.25) is 0 Å². The molecule has 0 fully saturated rings. The van der Waals surface area contributed by atoms with Crippen LogP contribution in [0.4, 0.5) is 0 Å². The Morgan fingerprint density at radius 2 is 2.60 bits per heavy atom. The molecule has 2 heteroatoms. The van der Waals surface area contributed by atoms with E-state index in [9.17, 15) is 0 Å². The van der Waals surface area contributed by atoms with Gasteiger partial charge in [0.05, 0.1) is 6.61 Å². The summed E-state index contributed by atoms with van der Waals surface area (Å²) < 4.78 is 4.85. The maximum atomic E-state index is 4.85. The van der Waals surface area contributed by atoms with Gasteiger partial charge in [-0.2, -0.15) is 11.3 Å². The van der Waals surface area contributed by atoms with E-state index in [4.69, 9.17) is 4.74 Å². The van der Waals surface area contributed by atoms with Crippen LogP contribution in [0.5, 0.6) is 0 Å². The summed E-state index contributed by atoms with van der Waals surface area (Å²) in [6.45, 7) is 2.57. The van der Waals surface area contributed by atoms with E-state index in [-0.39, 0.29) is 0 Å². The first kappa shape index (κ1) is 7.17. The summed E-state index contributed by atoms with van der Waals surface area (Å²) in [5, 5.41) is 3.99. The quantitative estimate of drug-likeness (QED) is 0.560. The van der Waals surface area contributed by atoms with Gasteiger partial charge in [0.2, 0.25) is 0 Å². The fourth-order valence-corrected chi connectivity index (χ4v) is 1.09. The van der Waals surface area contributed by atoms with Crippen molar-refractivity contribution in [3.63, 3.8) is 0 Å². The summed E-state index contributed by atoms with van der Waals surface area (Å²) in [4.78, 5) is 0. The lowest BCUT2D eigenvalue weighted by Gasteiger charge is -1.83. The van der Waals surface area contributed by atoms with E-state index in [1.165, 1.54) is 0 Å². The standard InChI is InChI=1S/C8H8OS/c1-2-9-5-3-8-4-6-10-7-8/h4,6-7H,2H2,1H3. The third kappa shape index (κ3) is 2.12. The molecule has 0 aliphatic carbocycles. The molecule has 1 rings (SSSR count). The summed E-state index contributed by atoms with van der Waals surface area (Å²) in [7, 11) is 0. The Kier molecular flexibility index (Phi) is 2.85. The fourth-order valence-electron chi connectivity index (χ4n) is 0.503. The molecule has 0 spiro atoms. The van der Waals surface area contributed by atoms with Crippen molar-refractivity contribution in [2.45, 2.75) is 6.92 Å². The van der Waals surface area contributed by atoms with Gasteiger partial charge in [0.1, 0.15) is 6.11 Å². The largest absolute Gasteiger partial charge is 0.447 e. The molecule has 0 atom stereocenters. The van der Waals surface area contributed by atoms with E-state index in [0.29, 0.717) is 6.61 Å². The van der Waals surface area contributed by atoms with Gasteiger partial charge in [0.15, 0.2) is 0 Å². The Morgan fingerprint density at radius 3 is 3.20 bits per heavy atom. The van der Waals surface area contributed by atoms with Crippen LogP contribution in [0.15, 0.2) is 16.8 Å². The maximum Gasteiger partial charge on any atom is 0.115 e. The molecule has 0 N–H and O–H groups in total. The molecule has 1 nitrogen and oxygen atoms in total. The highest BCUT2D eigenvalue weighted by molar-refractivity contribution is 7.08. The SMILES string of the molecule is CCOC#Cc1ccsc1. The first-order chi connectivity index (χ1) is 4.93. The molecule has 0 amide bonds. The van der Waals surface area contributed by atoms with Crippen molar-refractivity contribution >= 4 is 11.3 Å². The lowest BCUT2D eigenvalue weighted by atomic mass is 10.4. The molecule has 0 aliphatic rings. The number of ether oxygens (including phenoxy) is 1. The van der Waals surface area contributed by atoms with E-state index in [1.807, 2.05) is 23.8 Å². The normalized spacial score (nSPS) is 8.10. The highest BCUT2D eigenvalue weighted by Gasteiger charge is 1.82. The van der Waals surface area contributed by atoms with Crippen LogP contribution < -0.4 is 0 Å². The average Bonchev–Trinajstić information content (AvgIpc) is 2.41. The van der Waals surface area contributed by atoms with Crippen molar-refractivity contribution in [3.8, 4) is 12.0 Å². The summed E-state index contributed by atoms with van der Waals surface area (Å²) in [6, 6.07) is 1.97. The zero-order valence-corrected chi connectivity index (χ0v) is 6.57. The van der Waals surface area contributed by atoms with Crippen LogP contribution in [0.3, 0.4) is 0 Å². The second-order valence-corrected chi connectivity index (χ2v) is 2.45. The van der Waals surface area contributed by atoms with Gasteiger partial charge in [-0.3, -0.25) is 0 Å². The van der Waals surface area contributed by atoms with Crippen molar-refractivity contribution in [2.24, 2.45) is 0 Å². The Labute approximate surface area is 64.6 Å². The minimum Gasteiger partial charge on any atom is -0.447 e. The molecule has 0 unspecified atom stereocenters. The number of hydrogen-bond donors (Lipinski definition) is 0. The van der Waals surface area contributed by atoms with Crippen molar-refractivity contribution in [1.82, 2.24) is 0 Å². The number of thiophene rings is 1. The van der Waals surface area contributed by atoms with Gasteiger partial charge in [-0.15, -0.1) is 0 Å². The first-order valence-corrected chi connectivity index (χ1v) is 4.02. The Hall–Kier alpha value is -0.940. The molecule has 1 aromatic rings. The minimum atomic E-state index is 0.650. The van der Waals surface area contributed by atoms with Crippen LogP contribution in [0.1, 0.15) is 12.5 Å². The molecule has 0 radical (unpaired) electrons. The second-order valence-electron chi connectivity index (χ2n) is 1.67. The molecule has 0 aliphatic heterocycles. The predicted molar refractivity (Wildman–Crippen MR) is 42.8 cm³/mol. The molecule has 1 aromatic heterocycles. The number of hydrogen-bond acceptors (Lipinski definition) is 2. The predicted octanol–water partition coefficient (Wildman–Crippen LogP) is 2.09. The van der Waals surface area contributed by atoms with Gasteiger partial charge in [-0.1, -0.05) is 0 Å². The third-order valence-electron chi connectivity index (χ3n) is 0.933. The fraction of sp³-hybridized carbons (Fsp3) is 0.250. The monoisotopic (exact) mass is 152 g/mol. The van der Waals surface area contributed by atoms with Crippen molar-refractivity contribution in [1.29, 1.82) is 0 Å². The molecule has 0 aromatic carbocycles. The Bertz CT molecular complexity index is 228. The van der Waals surface area contributed by atoms with E-state index in [0.717, 1.165) is 5.56 Å². The molecule has 1 heterocycles. The topological polar surface area (TPSA) is 9.23 Å². The lowest BCUT2D eigenvalue weighted by Crippen LogP contribution is -1.76.